The standard InChI is InChI=1S/C20H24BrNO2/c1-23-18-10-6-5-9-17(18)20(11-13-22-14-12-20)15-24-19(21)16-7-3-2-4-8-16/h2-10,19,22H,11-15H2,1H3. The predicted octanol–water partition coefficient (Wildman–Crippen LogP) is 4.43. The summed E-state index contributed by atoms with van der Waals surface area (Å²) in [5, 5.41) is 3.36. The highest BCUT2D eigenvalue weighted by atomic mass is 79.9. The minimum atomic E-state index is -0.0971. The van der Waals surface area contributed by atoms with Gasteiger partial charge in [-0.2, -0.15) is 0 Å². The zero-order valence-corrected chi connectivity index (χ0v) is 15.6. The molecule has 1 fully saturated rings. The molecule has 1 N–H and O–H groups in total. The molecule has 0 spiro atoms. The lowest BCUT2D eigenvalue weighted by Crippen LogP contribution is -2.43. The van der Waals surface area contributed by atoms with Crippen molar-refractivity contribution in [3.8, 4) is 5.75 Å². The maximum atomic E-state index is 6.26. The molecular weight excluding hydrogens is 366 g/mol. The van der Waals surface area contributed by atoms with Crippen LogP contribution in [0.15, 0.2) is 54.6 Å². The molecule has 1 aliphatic rings. The molecule has 2 aromatic rings. The van der Waals surface area contributed by atoms with Gasteiger partial charge in [0.05, 0.1) is 13.7 Å². The summed E-state index contributed by atoms with van der Waals surface area (Å²) in [5.74, 6) is 0.953. The molecule has 128 valence electrons. The smallest absolute Gasteiger partial charge is 0.137 e. The molecule has 4 heteroatoms. The van der Waals surface area contributed by atoms with Crippen LogP contribution in [0.2, 0.25) is 0 Å². The van der Waals surface area contributed by atoms with Crippen LogP contribution in [-0.2, 0) is 10.2 Å². The summed E-state index contributed by atoms with van der Waals surface area (Å²) in [5.41, 5.74) is 2.38. The Morgan fingerprint density at radius 2 is 1.71 bits per heavy atom. The molecule has 0 bridgehead atoms. The highest BCUT2D eigenvalue weighted by molar-refractivity contribution is 9.09. The number of halogens is 1. The Morgan fingerprint density at radius 3 is 2.42 bits per heavy atom. The quantitative estimate of drug-likeness (QED) is 0.741. The van der Waals surface area contributed by atoms with Gasteiger partial charge in [0.25, 0.3) is 0 Å². The van der Waals surface area contributed by atoms with Crippen LogP contribution in [0.1, 0.15) is 29.0 Å². The fraction of sp³-hybridized carbons (Fsp3) is 0.400. The summed E-state index contributed by atoms with van der Waals surface area (Å²) < 4.78 is 11.9. The molecule has 0 amide bonds. The highest BCUT2D eigenvalue weighted by Crippen LogP contribution is 2.40. The third-order valence-electron chi connectivity index (χ3n) is 4.81. The van der Waals surface area contributed by atoms with E-state index in [4.69, 9.17) is 9.47 Å². The highest BCUT2D eigenvalue weighted by Gasteiger charge is 2.37. The van der Waals surface area contributed by atoms with Crippen LogP contribution >= 0.6 is 15.9 Å². The van der Waals surface area contributed by atoms with Gasteiger partial charge in [-0.05, 0) is 37.6 Å². The van der Waals surface area contributed by atoms with Crippen molar-refractivity contribution >= 4 is 15.9 Å². The minimum absolute atomic E-state index is 0.0152. The Balaban J connectivity index is 1.81. The van der Waals surface area contributed by atoms with Crippen molar-refractivity contribution in [3.63, 3.8) is 0 Å². The van der Waals surface area contributed by atoms with Crippen LogP contribution in [0.3, 0.4) is 0 Å². The van der Waals surface area contributed by atoms with E-state index in [0.717, 1.165) is 37.2 Å². The van der Waals surface area contributed by atoms with Gasteiger partial charge in [-0.15, -0.1) is 0 Å². The number of hydrogen-bond acceptors (Lipinski definition) is 3. The third-order valence-corrected chi connectivity index (χ3v) is 5.60. The summed E-state index contributed by atoms with van der Waals surface area (Å²) in [7, 11) is 1.74. The van der Waals surface area contributed by atoms with E-state index in [1.807, 2.05) is 30.3 Å². The van der Waals surface area contributed by atoms with Gasteiger partial charge in [-0.3, -0.25) is 0 Å². The molecule has 1 unspecified atom stereocenters. The predicted molar refractivity (Wildman–Crippen MR) is 101 cm³/mol. The third kappa shape index (κ3) is 3.82. The Bertz CT molecular complexity index is 641. The average Bonchev–Trinajstić information content (AvgIpc) is 2.67. The summed E-state index contributed by atoms with van der Waals surface area (Å²) >= 11 is 3.68. The van der Waals surface area contributed by atoms with Crippen molar-refractivity contribution in [2.75, 3.05) is 26.8 Å². The molecule has 1 heterocycles. The first-order chi connectivity index (χ1) is 11.7. The second-order valence-corrected chi connectivity index (χ2v) is 7.10. The largest absolute Gasteiger partial charge is 0.496 e. The van der Waals surface area contributed by atoms with E-state index in [2.05, 4.69) is 45.5 Å². The van der Waals surface area contributed by atoms with Crippen molar-refractivity contribution in [2.24, 2.45) is 0 Å². The molecule has 0 radical (unpaired) electrons. The lowest BCUT2D eigenvalue weighted by Gasteiger charge is -2.39. The summed E-state index contributed by atoms with van der Waals surface area (Å²) in [6.45, 7) is 2.67. The monoisotopic (exact) mass is 389 g/mol. The molecule has 0 saturated carbocycles. The second kappa shape index (κ2) is 8.15. The molecule has 1 saturated heterocycles. The second-order valence-electron chi connectivity index (χ2n) is 6.27. The summed E-state index contributed by atoms with van der Waals surface area (Å²) in [6.07, 6.45) is 2.09. The van der Waals surface area contributed by atoms with Gasteiger partial charge in [0.2, 0.25) is 0 Å². The molecule has 24 heavy (non-hydrogen) atoms. The zero-order valence-electron chi connectivity index (χ0n) is 14.0. The van der Waals surface area contributed by atoms with Crippen molar-refractivity contribution in [1.82, 2.24) is 5.32 Å². The fourth-order valence-corrected chi connectivity index (χ4v) is 3.85. The average molecular weight is 390 g/mol. The Labute approximate surface area is 152 Å². The number of piperidine rings is 1. The van der Waals surface area contributed by atoms with E-state index in [1.165, 1.54) is 5.56 Å². The molecule has 1 atom stereocenters. The Hall–Kier alpha value is -1.36. The van der Waals surface area contributed by atoms with E-state index in [0.29, 0.717) is 6.61 Å². The molecule has 3 nitrogen and oxygen atoms in total. The number of methoxy groups -OCH3 is 1. The lowest BCUT2D eigenvalue weighted by atomic mass is 9.73. The van der Waals surface area contributed by atoms with E-state index in [1.54, 1.807) is 7.11 Å². The summed E-state index contributed by atoms with van der Waals surface area (Å²) in [6, 6.07) is 18.6. The van der Waals surface area contributed by atoms with E-state index in [9.17, 15) is 0 Å². The maximum Gasteiger partial charge on any atom is 0.137 e. The van der Waals surface area contributed by atoms with Crippen molar-refractivity contribution in [2.45, 2.75) is 23.3 Å². The number of nitrogens with one attached hydrogen (secondary N) is 1. The van der Waals surface area contributed by atoms with Crippen molar-refractivity contribution < 1.29 is 9.47 Å². The molecule has 0 aromatic heterocycles. The van der Waals surface area contributed by atoms with Crippen LogP contribution in [0.5, 0.6) is 5.75 Å². The molecule has 1 aliphatic heterocycles. The first-order valence-corrected chi connectivity index (χ1v) is 9.32. The number of rotatable bonds is 6. The summed E-state index contributed by atoms with van der Waals surface area (Å²) in [4.78, 5) is 0. The van der Waals surface area contributed by atoms with E-state index >= 15 is 0 Å². The topological polar surface area (TPSA) is 30.5 Å². The maximum absolute atomic E-state index is 6.26. The first kappa shape index (κ1) is 17.5. The van der Waals surface area contributed by atoms with Crippen LogP contribution in [-0.4, -0.2) is 26.8 Å². The zero-order chi connectivity index (χ0) is 16.8. The van der Waals surface area contributed by atoms with Gasteiger partial charge in [0.15, 0.2) is 0 Å². The van der Waals surface area contributed by atoms with Crippen LogP contribution < -0.4 is 10.1 Å². The van der Waals surface area contributed by atoms with Gasteiger partial charge in [0.1, 0.15) is 10.8 Å². The SMILES string of the molecule is COc1ccccc1C1(COC(Br)c2ccccc2)CCNCC1. The number of alkyl halides is 1. The number of benzene rings is 2. The van der Waals surface area contributed by atoms with Gasteiger partial charge >= 0.3 is 0 Å². The Morgan fingerprint density at radius 1 is 1.04 bits per heavy atom. The van der Waals surface area contributed by atoms with E-state index in [-0.39, 0.29) is 10.4 Å². The van der Waals surface area contributed by atoms with Crippen LogP contribution in [0.25, 0.3) is 0 Å². The normalized spacial score (nSPS) is 18.1. The minimum Gasteiger partial charge on any atom is -0.496 e. The number of hydrogen-bond donors (Lipinski definition) is 1. The molecular formula is C20H24BrNO2. The molecule has 3 rings (SSSR count). The number of ether oxygens (including phenoxy) is 2. The van der Waals surface area contributed by atoms with Crippen LogP contribution in [0.4, 0.5) is 0 Å². The fourth-order valence-electron chi connectivity index (χ4n) is 3.41. The first-order valence-electron chi connectivity index (χ1n) is 8.40. The van der Waals surface area contributed by atoms with E-state index < -0.39 is 0 Å². The van der Waals surface area contributed by atoms with Gasteiger partial charge in [-0.1, -0.05) is 64.5 Å². The van der Waals surface area contributed by atoms with Crippen LogP contribution in [0, 0.1) is 0 Å². The van der Waals surface area contributed by atoms with Gasteiger partial charge in [0, 0.05) is 11.0 Å². The molecule has 2 aromatic carbocycles. The van der Waals surface area contributed by atoms with Gasteiger partial charge < -0.3 is 14.8 Å². The molecule has 0 aliphatic carbocycles. The Kier molecular flexibility index (Phi) is 5.93. The lowest BCUT2D eigenvalue weighted by molar-refractivity contribution is 0.0534. The number of para-hydroxylation sites is 1. The van der Waals surface area contributed by atoms with Crippen molar-refractivity contribution in [3.05, 3.63) is 65.7 Å². The van der Waals surface area contributed by atoms with Gasteiger partial charge in [-0.25, -0.2) is 0 Å². The van der Waals surface area contributed by atoms with Crippen molar-refractivity contribution in [1.29, 1.82) is 0 Å².